The van der Waals surface area contributed by atoms with Crippen LogP contribution in [-0.4, -0.2) is 36.9 Å². The molecule has 1 aromatic carbocycles. The van der Waals surface area contributed by atoms with E-state index in [4.69, 9.17) is 5.73 Å². The van der Waals surface area contributed by atoms with Crippen molar-refractivity contribution in [3.8, 4) is 0 Å². The third kappa shape index (κ3) is 5.21. The van der Waals surface area contributed by atoms with Crippen LogP contribution < -0.4 is 11.1 Å². The number of amides is 2. The highest BCUT2D eigenvalue weighted by Crippen LogP contribution is 2.38. The standard InChI is InChI=1S/C18H27N3O2.ClH/c1-12-9-15(12)16(22)20-14-7-5-13(6-8-14)17(23)21(4)11-18(2,3)10-19;/h5-8,12,15H,9-11,19H2,1-4H3,(H,20,22);1H. The summed E-state index contributed by atoms with van der Waals surface area (Å²) in [5.41, 5.74) is 6.95. The van der Waals surface area contributed by atoms with Gasteiger partial charge in [0, 0.05) is 30.8 Å². The molecular formula is C18H28ClN3O2. The number of benzene rings is 1. The van der Waals surface area contributed by atoms with Crippen LogP contribution in [0, 0.1) is 17.3 Å². The van der Waals surface area contributed by atoms with E-state index in [1.54, 1.807) is 36.2 Å². The lowest BCUT2D eigenvalue weighted by Gasteiger charge is -2.29. The Balaban J connectivity index is 0.00000288. The highest BCUT2D eigenvalue weighted by Gasteiger charge is 2.39. The number of hydrogen-bond donors (Lipinski definition) is 2. The molecule has 2 amide bonds. The van der Waals surface area contributed by atoms with Crippen LogP contribution in [0.5, 0.6) is 0 Å². The number of hydrogen-bond acceptors (Lipinski definition) is 3. The molecule has 1 aliphatic carbocycles. The summed E-state index contributed by atoms with van der Waals surface area (Å²) >= 11 is 0. The fourth-order valence-corrected chi connectivity index (χ4v) is 2.62. The molecule has 2 unspecified atom stereocenters. The number of carbonyl (C=O) groups excluding carboxylic acids is 2. The third-order valence-electron chi connectivity index (χ3n) is 4.41. The predicted molar refractivity (Wildman–Crippen MR) is 99.4 cm³/mol. The summed E-state index contributed by atoms with van der Waals surface area (Å²) in [6, 6.07) is 7.06. The number of halogens is 1. The van der Waals surface area contributed by atoms with Crippen molar-refractivity contribution in [2.24, 2.45) is 23.0 Å². The Labute approximate surface area is 150 Å². The molecule has 1 aliphatic rings. The Morgan fingerprint density at radius 3 is 2.29 bits per heavy atom. The van der Waals surface area contributed by atoms with Crippen molar-refractivity contribution in [2.45, 2.75) is 27.2 Å². The van der Waals surface area contributed by atoms with Gasteiger partial charge in [0.25, 0.3) is 5.91 Å². The second-order valence-corrected chi connectivity index (χ2v) is 7.42. The molecule has 134 valence electrons. The molecule has 0 bridgehead atoms. The first-order valence-electron chi connectivity index (χ1n) is 8.10. The lowest BCUT2D eigenvalue weighted by atomic mass is 9.93. The van der Waals surface area contributed by atoms with Crippen molar-refractivity contribution in [2.75, 3.05) is 25.5 Å². The molecule has 0 aliphatic heterocycles. The van der Waals surface area contributed by atoms with Gasteiger partial charge in [-0.2, -0.15) is 0 Å². The molecule has 0 radical (unpaired) electrons. The topological polar surface area (TPSA) is 75.4 Å². The molecule has 6 heteroatoms. The molecule has 0 saturated heterocycles. The van der Waals surface area contributed by atoms with Gasteiger partial charge >= 0.3 is 0 Å². The number of anilines is 1. The first-order valence-corrected chi connectivity index (χ1v) is 8.10. The summed E-state index contributed by atoms with van der Waals surface area (Å²) in [6.07, 6.45) is 0.962. The minimum Gasteiger partial charge on any atom is -0.341 e. The van der Waals surface area contributed by atoms with E-state index in [2.05, 4.69) is 12.2 Å². The molecule has 2 atom stereocenters. The lowest BCUT2D eigenvalue weighted by molar-refractivity contribution is -0.117. The molecule has 2 rings (SSSR count). The Bertz CT molecular complexity index is 586. The maximum absolute atomic E-state index is 12.4. The molecule has 24 heavy (non-hydrogen) atoms. The zero-order chi connectivity index (χ0) is 17.2. The summed E-state index contributed by atoms with van der Waals surface area (Å²) in [4.78, 5) is 26.0. The first-order chi connectivity index (χ1) is 10.7. The van der Waals surface area contributed by atoms with E-state index in [-0.39, 0.29) is 35.6 Å². The van der Waals surface area contributed by atoms with E-state index < -0.39 is 0 Å². The fourth-order valence-electron chi connectivity index (χ4n) is 2.62. The molecule has 1 fully saturated rings. The average Bonchev–Trinajstić information content (AvgIpc) is 3.24. The quantitative estimate of drug-likeness (QED) is 0.825. The Morgan fingerprint density at radius 2 is 1.83 bits per heavy atom. The molecule has 5 nitrogen and oxygen atoms in total. The molecule has 0 heterocycles. The number of nitrogens with two attached hydrogens (primary N) is 1. The van der Waals surface area contributed by atoms with Crippen molar-refractivity contribution < 1.29 is 9.59 Å². The van der Waals surface area contributed by atoms with Crippen molar-refractivity contribution in [1.82, 2.24) is 4.90 Å². The van der Waals surface area contributed by atoms with Crippen molar-refractivity contribution in [3.05, 3.63) is 29.8 Å². The van der Waals surface area contributed by atoms with Crippen LogP contribution in [0.25, 0.3) is 0 Å². The average molecular weight is 354 g/mol. The van der Waals surface area contributed by atoms with Crippen LogP contribution in [0.4, 0.5) is 5.69 Å². The van der Waals surface area contributed by atoms with Gasteiger partial charge in [-0.1, -0.05) is 20.8 Å². The van der Waals surface area contributed by atoms with Gasteiger partial charge in [0.2, 0.25) is 5.91 Å². The zero-order valence-corrected chi connectivity index (χ0v) is 15.7. The summed E-state index contributed by atoms with van der Waals surface area (Å²) in [5.74, 6) is 0.648. The normalized spacial score (nSPS) is 19.2. The van der Waals surface area contributed by atoms with Crippen molar-refractivity contribution >= 4 is 29.9 Å². The molecule has 3 N–H and O–H groups in total. The minimum absolute atomic E-state index is 0. The molecule has 0 spiro atoms. The molecular weight excluding hydrogens is 326 g/mol. The van der Waals surface area contributed by atoms with Crippen LogP contribution in [0.3, 0.4) is 0 Å². The van der Waals surface area contributed by atoms with Gasteiger partial charge in [-0.05, 0) is 48.6 Å². The fraction of sp³-hybridized carbons (Fsp3) is 0.556. The second-order valence-electron chi connectivity index (χ2n) is 7.42. The van der Waals surface area contributed by atoms with Gasteiger partial charge in [0.1, 0.15) is 0 Å². The number of nitrogens with one attached hydrogen (secondary N) is 1. The van der Waals surface area contributed by atoms with Crippen LogP contribution in [0.2, 0.25) is 0 Å². The van der Waals surface area contributed by atoms with E-state index in [1.807, 2.05) is 13.8 Å². The van der Waals surface area contributed by atoms with E-state index in [0.29, 0.717) is 24.6 Å². The second kappa shape index (κ2) is 7.99. The van der Waals surface area contributed by atoms with E-state index in [1.165, 1.54) is 0 Å². The summed E-state index contributed by atoms with van der Waals surface area (Å²) in [5, 5.41) is 2.90. The predicted octanol–water partition coefficient (Wildman–Crippen LogP) is 2.76. The van der Waals surface area contributed by atoms with Crippen LogP contribution in [0.15, 0.2) is 24.3 Å². The third-order valence-corrected chi connectivity index (χ3v) is 4.41. The smallest absolute Gasteiger partial charge is 0.253 e. The highest BCUT2D eigenvalue weighted by molar-refractivity contribution is 5.96. The van der Waals surface area contributed by atoms with Crippen LogP contribution in [-0.2, 0) is 4.79 Å². The van der Waals surface area contributed by atoms with Crippen LogP contribution in [0.1, 0.15) is 37.6 Å². The largest absolute Gasteiger partial charge is 0.341 e. The van der Waals surface area contributed by atoms with E-state index in [9.17, 15) is 9.59 Å². The van der Waals surface area contributed by atoms with Crippen molar-refractivity contribution in [1.29, 1.82) is 0 Å². The van der Waals surface area contributed by atoms with Gasteiger partial charge in [-0.25, -0.2) is 0 Å². The summed E-state index contributed by atoms with van der Waals surface area (Å²) in [6.45, 7) is 7.27. The SMILES string of the molecule is CC1CC1C(=O)Nc1ccc(C(=O)N(C)CC(C)(C)CN)cc1.Cl. The minimum atomic E-state index is -0.112. The number of nitrogens with zero attached hydrogens (tertiary/aromatic N) is 1. The van der Waals surface area contributed by atoms with Gasteiger partial charge in [-0.3, -0.25) is 9.59 Å². The molecule has 0 aromatic heterocycles. The summed E-state index contributed by atoms with van der Waals surface area (Å²) in [7, 11) is 1.78. The van der Waals surface area contributed by atoms with Crippen LogP contribution >= 0.6 is 12.4 Å². The Hall–Kier alpha value is -1.59. The van der Waals surface area contributed by atoms with Gasteiger partial charge < -0.3 is 16.0 Å². The summed E-state index contributed by atoms with van der Waals surface area (Å²) < 4.78 is 0. The number of carbonyl (C=O) groups is 2. The van der Waals surface area contributed by atoms with Gasteiger partial charge in [-0.15, -0.1) is 12.4 Å². The first kappa shape index (κ1) is 20.5. The van der Waals surface area contributed by atoms with Gasteiger partial charge in [0.05, 0.1) is 0 Å². The molecule has 1 aromatic rings. The highest BCUT2D eigenvalue weighted by atomic mass is 35.5. The zero-order valence-electron chi connectivity index (χ0n) is 14.8. The van der Waals surface area contributed by atoms with Gasteiger partial charge in [0.15, 0.2) is 0 Å². The maximum atomic E-state index is 12.4. The Kier molecular flexibility index (Phi) is 6.81. The number of rotatable bonds is 6. The van der Waals surface area contributed by atoms with E-state index >= 15 is 0 Å². The lowest BCUT2D eigenvalue weighted by Crippen LogP contribution is -2.39. The monoisotopic (exact) mass is 353 g/mol. The van der Waals surface area contributed by atoms with Crippen molar-refractivity contribution in [3.63, 3.8) is 0 Å². The maximum Gasteiger partial charge on any atom is 0.253 e. The molecule has 1 saturated carbocycles. The van der Waals surface area contributed by atoms with E-state index in [0.717, 1.165) is 12.1 Å². The Morgan fingerprint density at radius 1 is 1.29 bits per heavy atom.